The van der Waals surface area contributed by atoms with Crippen LogP contribution in [-0.2, 0) is 25.6 Å². The summed E-state index contributed by atoms with van der Waals surface area (Å²) in [5, 5.41) is 47.6. The molecule has 7 N–H and O–H groups in total. The topological polar surface area (TPSA) is 200 Å². The van der Waals surface area contributed by atoms with Gasteiger partial charge >= 0.3 is 6.36 Å². The van der Waals surface area contributed by atoms with Gasteiger partial charge in [0.15, 0.2) is 17.1 Å². The SMILES string of the molecule is CCCCCCC(=O)Nc1cc(OC(F)(F)F)c2c(c1O)C(O)=C1C(=O)[C@]3(O)C(O)=C(C(N)=O)C(=O)[C@@H](N(C)CC)[C@@H]3C[C@@H]1C2. The molecule has 3 aliphatic carbocycles. The number of rotatable bonds is 10. The second kappa shape index (κ2) is 12.4. The van der Waals surface area contributed by atoms with Crippen LogP contribution in [0.5, 0.6) is 11.5 Å². The maximum atomic E-state index is 14.0. The lowest BCUT2D eigenvalue weighted by atomic mass is 9.57. The molecule has 45 heavy (non-hydrogen) atoms. The number of Topliss-reactive ketones (excluding diaryl/α,β-unsaturated/α-hetero) is 2. The second-order valence-corrected chi connectivity index (χ2v) is 11.6. The molecule has 246 valence electrons. The number of aliphatic hydroxyl groups is 3. The fraction of sp³-hybridized carbons (Fsp3) is 0.533. The maximum Gasteiger partial charge on any atom is 0.573 e. The predicted octanol–water partition coefficient (Wildman–Crippen LogP) is 3.16. The van der Waals surface area contributed by atoms with Gasteiger partial charge in [0.05, 0.1) is 17.3 Å². The first kappa shape index (κ1) is 33.8. The van der Waals surface area contributed by atoms with Crippen molar-refractivity contribution in [3.63, 3.8) is 0 Å². The summed E-state index contributed by atoms with van der Waals surface area (Å²) >= 11 is 0. The average Bonchev–Trinajstić information content (AvgIpc) is 2.94. The van der Waals surface area contributed by atoms with Gasteiger partial charge in [-0.15, -0.1) is 13.2 Å². The van der Waals surface area contributed by atoms with Crippen LogP contribution in [0.2, 0.25) is 0 Å². The molecule has 2 amide bonds. The van der Waals surface area contributed by atoms with Gasteiger partial charge in [-0.1, -0.05) is 33.1 Å². The van der Waals surface area contributed by atoms with E-state index in [1.807, 2.05) is 6.92 Å². The zero-order chi connectivity index (χ0) is 33.6. The molecule has 0 bridgehead atoms. The number of carbonyl (C=O) groups is 4. The van der Waals surface area contributed by atoms with Crippen molar-refractivity contribution in [2.24, 2.45) is 17.6 Å². The number of halogens is 3. The fourth-order valence-electron chi connectivity index (χ4n) is 6.62. The first-order valence-corrected chi connectivity index (χ1v) is 14.6. The van der Waals surface area contributed by atoms with Crippen LogP contribution < -0.4 is 15.8 Å². The van der Waals surface area contributed by atoms with Gasteiger partial charge in [-0.25, -0.2) is 0 Å². The van der Waals surface area contributed by atoms with Crippen LogP contribution in [0, 0.1) is 11.8 Å². The highest BCUT2D eigenvalue weighted by Gasteiger charge is 2.64. The third kappa shape index (κ3) is 5.86. The Morgan fingerprint density at radius 1 is 1.16 bits per heavy atom. The van der Waals surface area contributed by atoms with Crippen LogP contribution in [0.15, 0.2) is 23.0 Å². The molecule has 1 saturated carbocycles. The lowest BCUT2D eigenvalue weighted by Gasteiger charge is -2.50. The Morgan fingerprint density at radius 3 is 2.40 bits per heavy atom. The number of amides is 2. The second-order valence-electron chi connectivity index (χ2n) is 11.6. The molecule has 0 radical (unpaired) electrons. The number of aliphatic hydroxyl groups excluding tert-OH is 2. The molecular formula is C30H36F3N3O9. The van der Waals surface area contributed by atoms with Gasteiger partial charge in [-0.3, -0.25) is 24.1 Å². The molecule has 4 rings (SSSR count). The van der Waals surface area contributed by atoms with Crippen molar-refractivity contribution in [3.05, 3.63) is 34.1 Å². The minimum absolute atomic E-state index is 0.00601. The highest BCUT2D eigenvalue weighted by atomic mass is 19.4. The number of nitrogens with two attached hydrogens (primary N) is 1. The highest BCUT2D eigenvalue weighted by molar-refractivity contribution is 6.24. The number of nitrogens with zero attached hydrogens (tertiary/aromatic N) is 1. The van der Waals surface area contributed by atoms with Gasteiger partial charge in [0.25, 0.3) is 5.91 Å². The van der Waals surface area contributed by atoms with Crippen molar-refractivity contribution in [2.75, 3.05) is 18.9 Å². The average molecular weight is 640 g/mol. The standard InChI is InChI=1S/C30H36F3N3O9/c1-4-6-7-8-9-18(37)35-16-12-17(45-30(31,32)33)14-10-13-11-15-22(36(3)5-2)25(40)21(28(34)43)27(42)29(15,44)26(41)19(13)24(39)20(14)23(16)38/h12-13,15,22,38-39,42,44H,4-11H2,1-3H3,(H2,34,43)(H,35,37)/t13-,15-,22-,29-/m0/s1. The van der Waals surface area contributed by atoms with Gasteiger partial charge in [0, 0.05) is 29.5 Å². The van der Waals surface area contributed by atoms with E-state index in [1.54, 1.807) is 6.92 Å². The molecule has 1 aromatic rings. The quantitative estimate of drug-likeness (QED) is 0.126. The summed E-state index contributed by atoms with van der Waals surface area (Å²) in [6.45, 7) is 3.81. The summed E-state index contributed by atoms with van der Waals surface area (Å²) in [4.78, 5) is 53.5. The van der Waals surface area contributed by atoms with Crippen LogP contribution >= 0.6 is 0 Å². The van der Waals surface area contributed by atoms with E-state index in [0.29, 0.717) is 6.42 Å². The summed E-state index contributed by atoms with van der Waals surface area (Å²) < 4.78 is 44.8. The van der Waals surface area contributed by atoms with Crippen molar-refractivity contribution in [1.82, 2.24) is 4.90 Å². The summed E-state index contributed by atoms with van der Waals surface area (Å²) in [5.74, 6) is -10.8. The van der Waals surface area contributed by atoms with Crippen molar-refractivity contribution < 1.29 is 57.5 Å². The highest BCUT2D eigenvalue weighted by Crippen LogP contribution is 2.55. The smallest absolute Gasteiger partial charge is 0.508 e. The van der Waals surface area contributed by atoms with E-state index >= 15 is 0 Å². The lowest BCUT2D eigenvalue weighted by Crippen LogP contribution is -2.66. The first-order chi connectivity index (χ1) is 21.0. The molecule has 0 saturated heterocycles. The summed E-state index contributed by atoms with van der Waals surface area (Å²) in [7, 11) is 1.47. The van der Waals surface area contributed by atoms with E-state index in [2.05, 4.69) is 10.1 Å². The normalized spacial score (nSPS) is 24.8. The molecule has 3 aliphatic rings. The Bertz CT molecular complexity index is 1500. The Labute approximate surface area is 256 Å². The summed E-state index contributed by atoms with van der Waals surface area (Å²) in [5.41, 5.74) is -0.639. The number of primary amides is 1. The minimum atomic E-state index is -5.22. The number of hydrogen-bond acceptors (Lipinski definition) is 10. The Morgan fingerprint density at radius 2 is 1.82 bits per heavy atom. The van der Waals surface area contributed by atoms with Crippen LogP contribution in [-0.4, -0.2) is 80.3 Å². The Hall–Kier alpha value is -4.11. The van der Waals surface area contributed by atoms with Crippen molar-refractivity contribution >= 4 is 34.8 Å². The molecule has 4 atom stereocenters. The van der Waals surface area contributed by atoms with Gasteiger partial charge < -0.3 is 36.2 Å². The molecule has 12 nitrogen and oxygen atoms in total. The van der Waals surface area contributed by atoms with Crippen molar-refractivity contribution in [2.45, 2.75) is 76.8 Å². The molecule has 0 unspecified atom stereocenters. The van der Waals surface area contributed by atoms with Crippen molar-refractivity contribution in [1.29, 1.82) is 0 Å². The van der Waals surface area contributed by atoms with Gasteiger partial charge in [-0.05, 0) is 38.8 Å². The fourth-order valence-corrected chi connectivity index (χ4v) is 6.62. The Balaban J connectivity index is 1.89. The zero-order valence-corrected chi connectivity index (χ0v) is 25.0. The number of unbranched alkanes of at least 4 members (excludes halogenated alkanes) is 3. The molecular weight excluding hydrogens is 603 g/mol. The molecule has 0 spiro atoms. The molecule has 1 aromatic carbocycles. The first-order valence-electron chi connectivity index (χ1n) is 14.6. The predicted molar refractivity (Wildman–Crippen MR) is 153 cm³/mol. The lowest BCUT2D eigenvalue weighted by molar-refractivity contribution is -0.275. The number of benzene rings is 1. The molecule has 1 fully saturated rings. The summed E-state index contributed by atoms with van der Waals surface area (Å²) in [6, 6.07) is -0.572. The monoisotopic (exact) mass is 639 g/mol. The minimum Gasteiger partial charge on any atom is -0.508 e. The third-order valence-corrected chi connectivity index (χ3v) is 8.85. The molecule has 15 heteroatoms. The van der Waals surface area contributed by atoms with Crippen LogP contribution in [0.4, 0.5) is 18.9 Å². The number of aromatic hydroxyl groups is 1. The van der Waals surface area contributed by atoms with Gasteiger partial charge in [-0.2, -0.15) is 0 Å². The number of hydrogen-bond donors (Lipinski definition) is 6. The number of anilines is 1. The number of nitrogens with one attached hydrogen (secondary N) is 1. The number of alkyl halides is 3. The number of carbonyl (C=O) groups excluding carboxylic acids is 4. The number of fused-ring (bicyclic) bond motifs is 3. The van der Waals surface area contributed by atoms with Gasteiger partial charge in [0.2, 0.25) is 11.7 Å². The third-order valence-electron chi connectivity index (χ3n) is 8.85. The van der Waals surface area contributed by atoms with E-state index in [-0.39, 0.29) is 24.9 Å². The number of ketones is 2. The van der Waals surface area contributed by atoms with Crippen LogP contribution in [0.1, 0.15) is 63.5 Å². The largest absolute Gasteiger partial charge is 0.573 e. The van der Waals surface area contributed by atoms with E-state index in [1.165, 1.54) is 11.9 Å². The van der Waals surface area contributed by atoms with Crippen LogP contribution in [0.3, 0.4) is 0 Å². The zero-order valence-electron chi connectivity index (χ0n) is 25.0. The van der Waals surface area contributed by atoms with E-state index in [4.69, 9.17) is 5.73 Å². The van der Waals surface area contributed by atoms with E-state index in [0.717, 1.165) is 25.3 Å². The Kier molecular flexibility index (Phi) is 9.27. The number of ether oxygens (including phenoxy) is 1. The number of phenolic OH excluding ortho intramolecular Hbond substituents is 1. The van der Waals surface area contributed by atoms with Gasteiger partial charge in [0.1, 0.15) is 22.8 Å². The molecule has 0 heterocycles. The molecule has 0 aliphatic heterocycles. The number of likely N-dealkylation sites (N-methyl/N-ethyl adjacent to an activating group) is 1. The van der Waals surface area contributed by atoms with E-state index in [9.17, 15) is 52.8 Å². The van der Waals surface area contributed by atoms with E-state index < -0.39 is 105 Å². The van der Waals surface area contributed by atoms with Crippen molar-refractivity contribution in [3.8, 4) is 11.5 Å². The number of phenols is 1. The maximum absolute atomic E-state index is 14.0. The summed E-state index contributed by atoms with van der Waals surface area (Å²) in [6.07, 6.45) is -3.01. The molecule has 0 aromatic heterocycles. The van der Waals surface area contributed by atoms with Crippen LogP contribution in [0.25, 0.3) is 5.76 Å².